The van der Waals surface area contributed by atoms with Gasteiger partial charge in [0, 0.05) is 18.7 Å². The third-order valence-corrected chi connectivity index (χ3v) is 4.36. The minimum absolute atomic E-state index is 0.249. The Balaban J connectivity index is 2.06. The summed E-state index contributed by atoms with van der Waals surface area (Å²) < 4.78 is 20.9. The van der Waals surface area contributed by atoms with Gasteiger partial charge < -0.3 is 9.30 Å². The van der Waals surface area contributed by atoms with Crippen LogP contribution >= 0.6 is 11.6 Å². The van der Waals surface area contributed by atoms with E-state index in [-0.39, 0.29) is 11.6 Å². The summed E-state index contributed by atoms with van der Waals surface area (Å²) in [6.07, 6.45) is 2.61. The van der Waals surface area contributed by atoms with Gasteiger partial charge in [-0.1, -0.05) is 6.92 Å². The monoisotopic (exact) mass is 296 g/mol. The normalized spacial score (nSPS) is 16.6. The van der Waals surface area contributed by atoms with E-state index in [1.807, 2.05) is 0 Å². The molecule has 108 valence electrons. The van der Waals surface area contributed by atoms with E-state index in [2.05, 4.69) is 16.5 Å². The van der Waals surface area contributed by atoms with E-state index >= 15 is 0 Å². The molecule has 1 aromatic carbocycles. The van der Waals surface area contributed by atoms with E-state index in [1.54, 1.807) is 6.07 Å². The average molecular weight is 297 g/mol. The standard InChI is InChI=1S/C15H18ClFN2O/c1-9(10-3-4-10)8-19-13-6-14(20-2)11(17)5-12(13)18-15(19)7-16/h5-6,9-10H,3-4,7-8H2,1-2H3. The number of nitrogens with zero attached hydrogens (tertiary/aromatic N) is 2. The maximum atomic E-state index is 13.8. The van der Waals surface area contributed by atoms with Crippen LogP contribution in [0.15, 0.2) is 12.1 Å². The molecule has 1 atom stereocenters. The molecule has 0 aliphatic heterocycles. The Bertz CT molecular complexity index is 636. The Morgan fingerprint density at radius 1 is 1.50 bits per heavy atom. The van der Waals surface area contributed by atoms with Crippen LogP contribution in [0.3, 0.4) is 0 Å². The number of methoxy groups -OCH3 is 1. The van der Waals surface area contributed by atoms with E-state index in [9.17, 15) is 4.39 Å². The van der Waals surface area contributed by atoms with Crippen LogP contribution in [-0.2, 0) is 12.4 Å². The summed E-state index contributed by atoms with van der Waals surface area (Å²) in [6, 6.07) is 3.13. The maximum absolute atomic E-state index is 13.8. The molecule has 0 N–H and O–H groups in total. The third-order valence-electron chi connectivity index (χ3n) is 4.12. The molecule has 0 radical (unpaired) electrons. The van der Waals surface area contributed by atoms with Crippen LogP contribution in [0, 0.1) is 17.7 Å². The number of hydrogen-bond donors (Lipinski definition) is 0. The summed E-state index contributed by atoms with van der Waals surface area (Å²) in [5.41, 5.74) is 1.54. The third kappa shape index (κ3) is 2.37. The molecule has 5 heteroatoms. The zero-order chi connectivity index (χ0) is 14.3. The van der Waals surface area contributed by atoms with E-state index < -0.39 is 0 Å². The minimum Gasteiger partial charge on any atom is -0.494 e. The highest BCUT2D eigenvalue weighted by Gasteiger charge is 2.29. The maximum Gasteiger partial charge on any atom is 0.167 e. The van der Waals surface area contributed by atoms with E-state index in [4.69, 9.17) is 16.3 Å². The number of rotatable bonds is 5. The number of alkyl halides is 1. The van der Waals surface area contributed by atoms with Gasteiger partial charge in [0.15, 0.2) is 11.6 Å². The van der Waals surface area contributed by atoms with Gasteiger partial charge in [-0.15, -0.1) is 11.6 Å². The summed E-state index contributed by atoms with van der Waals surface area (Å²) in [4.78, 5) is 4.44. The quantitative estimate of drug-likeness (QED) is 0.781. The summed E-state index contributed by atoms with van der Waals surface area (Å²) in [6.45, 7) is 3.13. The predicted octanol–water partition coefficient (Wildman–Crippen LogP) is 3.97. The van der Waals surface area contributed by atoms with Crippen LogP contribution in [0.1, 0.15) is 25.6 Å². The Kier molecular flexibility index (Phi) is 3.59. The van der Waals surface area contributed by atoms with Crippen molar-refractivity contribution in [2.45, 2.75) is 32.2 Å². The summed E-state index contributed by atoms with van der Waals surface area (Å²) in [5.74, 6) is 2.38. The lowest BCUT2D eigenvalue weighted by Gasteiger charge is -2.14. The zero-order valence-corrected chi connectivity index (χ0v) is 12.5. The van der Waals surface area contributed by atoms with Gasteiger partial charge in [0.25, 0.3) is 0 Å². The van der Waals surface area contributed by atoms with Gasteiger partial charge in [0.05, 0.1) is 24.0 Å². The number of fused-ring (bicyclic) bond motifs is 1. The predicted molar refractivity (Wildman–Crippen MR) is 77.7 cm³/mol. The molecular weight excluding hydrogens is 279 g/mol. The highest BCUT2D eigenvalue weighted by Crippen LogP contribution is 2.38. The van der Waals surface area contributed by atoms with E-state index in [0.717, 1.165) is 23.8 Å². The summed E-state index contributed by atoms with van der Waals surface area (Å²) in [7, 11) is 1.47. The first-order valence-electron chi connectivity index (χ1n) is 6.92. The molecule has 3 nitrogen and oxygen atoms in total. The lowest BCUT2D eigenvalue weighted by molar-refractivity contribution is 0.386. The van der Waals surface area contributed by atoms with Crippen LogP contribution in [0.25, 0.3) is 11.0 Å². The van der Waals surface area contributed by atoms with Gasteiger partial charge in [0.1, 0.15) is 5.82 Å². The zero-order valence-electron chi connectivity index (χ0n) is 11.7. The Hall–Kier alpha value is -1.29. The fourth-order valence-corrected chi connectivity index (χ4v) is 2.94. The number of hydrogen-bond acceptors (Lipinski definition) is 2. The smallest absolute Gasteiger partial charge is 0.167 e. The van der Waals surface area contributed by atoms with Crippen molar-refractivity contribution in [3.05, 3.63) is 23.8 Å². The topological polar surface area (TPSA) is 27.1 Å². The second kappa shape index (κ2) is 5.24. The molecule has 3 rings (SSSR count). The highest BCUT2D eigenvalue weighted by molar-refractivity contribution is 6.16. The summed E-state index contributed by atoms with van der Waals surface area (Å²) >= 11 is 5.99. The second-order valence-electron chi connectivity index (χ2n) is 5.56. The van der Waals surface area contributed by atoms with Crippen molar-refractivity contribution < 1.29 is 9.13 Å². The average Bonchev–Trinajstić information content (AvgIpc) is 3.23. The highest BCUT2D eigenvalue weighted by atomic mass is 35.5. The summed E-state index contributed by atoms with van der Waals surface area (Å²) in [5, 5.41) is 0. The molecule has 0 amide bonds. The van der Waals surface area contributed by atoms with Crippen LogP contribution in [0.2, 0.25) is 0 Å². The first kappa shape index (κ1) is 13.7. The minimum atomic E-state index is -0.388. The molecule has 0 saturated heterocycles. The van der Waals surface area contributed by atoms with Gasteiger partial charge in [-0.2, -0.15) is 0 Å². The van der Waals surface area contributed by atoms with Crippen molar-refractivity contribution in [3.8, 4) is 5.75 Å². The van der Waals surface area contributed by atoms with Gasteiger partial charge in [-0.05, 0) is 24.7 Å². The Labute approximate surface area is 122 Å². The number of halogens is 2. The molecule has 1 saturated carbocycles. The first-order valence-corrected chi connectivity index (χ1v) is 7.46. The van der Waals surface area contributed by atoms with Crippen LogP contribution in [-0.4, -0.2) is 16.7 Å². The van der Waals surface area contributed by atoms with Gasteiger partial charge in [-0.25, -0.2) is 9.37 Å². The van der Waals surface area contributed by atoms with Gasteiger partial charge in [0.2, 0.25) is 0 Å². The van der Waals surface area contributed by atoms with Gasteiger partial charge in [-0.3, -0.25) is 0 Å². The van der Waals surface area contributed by atoms with Crippen LogP contribution < -0.4 is 4.74 Å². The first-order chi connectivity index (χ1) is 9.63. The molecule has 0 spiro atoms. The second-order valence-corrected chi connectivity index (χ2v) is 5.83. The molecule has 2 aromatic rings. The molecule has 1 fully saturated rings. The Morgan fingerprint density at radius 2 is 2.25 bits per heavy atom. The fourth-order valence-electron chi connectivity index (χ4n) is 2.74. The molecule has 0 bridgehead atoms. The molecule has 1 aliphatic carbocycles. The lowest BCUT2D eigenvalue weighted by atomic mass is 10.1. The number of benzene rings is 1. The molecule has 1 aliphatic rings. The van der Waals surface area contributed by atoms with Crippen molar-refractivity contribution in [1.82, 2.24) is 9.55 Å². The number of imidazole rings is 1. The van der Waals surface area contributed by atoms with Crippen molar-refractivity contribution in [2.75, 3.05) is 7.11 Å². The van der Waals surface area contributed by atoms with Crippen molar-refractivity contribution in [1.29, 1.82) is 0 Å². The van der Waals surface area contributed by atoms with Crippen molar-refractivity contribution in [2.24, 2.45) is 11.8 Å². The van der Waals surface area contributed by atoms with Crippen LogP contribution in [0.5, 0.6) is 5.75 Å². The van der Waals surface area contributed by atoms with Crippen molar-refractivity contribution >= 4 is 22.6 Å². The van der Waals surface area contributed by atoms with E-state index in [0.29, 0.717) is 17.3 Å². The molecule has 1 aromatic heterocycles. The molecule has 20 heavy (non-hydrogen) atoms. The SMILES string of the molecule is COc1cc2c(cc1F)nc(CCl)n2CC(C)C1CC1. The molecular formula is C15H18ClFN2O. The largest absolute Gasteiger partial charge is 0.494 e. The lowest BCUT2D eigenvalue weighted by Crippen LogP contribution is -2.11. The Morgan fingerprint density at radius 3 is 2.85 bits per heavy atom. The molecule has 1 unspecified atom stereocenters. The van der Waals surface area contributed by atoms with E-state index in [1.165, 1.54) is 26.0 Å². The number of ether oxygens (including phenoxy) is 1. The van der Waals surface area contributed by atoms with Crippen LogP contribution in [0.4, 0.5) is 4.39 Å². The number of aromatic nitrogens is 2. The fraction of sp³-hybridized carbons (Fsp3) is 0.533. The van der Waals surface area contributed by atoms with Gasteiger partial charge >= 0.3 is 0 Å². The molecule has 1 heterocycles. The van der Waals surface area contributed by atoms with Crippen molar-refractivity contribution in [3.63, 3.8) is 0 Å².